The lowest BCUT2D eigenvalue weighted by Gasteiger charge is -2.35. The van der Waals surface area contributed by atoms with Gasteiger partial charge in [0.05, 0.1) is 17.2 Å². The topological polar surface area (TPSA) is 85.2 Å². The van der Waals surface area contributed by atoms with Crippen molar-refractivity contribution < 1.29 is 4.79 Å². The first-order valence-corrected chi connectivity index (χ1v) is 9.41. The lowest BCUT2D eigenvalue weighted by Crippen LogP contribution is -2.49. The summed E-state index contributed by atoms with van der Waals surface area (Å²) in [6.07, 6.45) is 3.38. The van der Waals surface area contributed by atoms with Crippen molar-refractivity contribution in [2.24, 2.45) is 0 Å². The summed E-state index contributed by atoms with van der Waals surface area (Å²) in [5.41, 5.74) is 2.01. The van der Waals surface area contributed by atoms with E-state index in [1.807, 2.05) is 35.2 Å². The summed E-state index contributed by atoms with van der Waals surface area (Å²) in [6.45, 7) is 2.82. The molecule has 2 aromatic heterocycles. The fourth-order valence-electron chi connectivity index (χ4n) is 3.23. The Kier molecular flexibility index (Phi) is 5.34. The quantitative estimate of drug-likeness (QED) is 0.744. The number of hydrogen-bond donors (Lipinski definition) is 1. The first kappa shape index (κ1) is 18.4. The number of rotatable bonds is 4. The van der Waals surface area contributed by atoms with Crippen LogP contribution in [0.2, 0.25) is 0 Å². The highest BCUT2D eigenvalue weighted by atomic mass is 16.2. The van der Waals surface area contributed by atoms with Gasteiger partial charge >= 0.3 is 0 Å². The molecule has 7 heteroatoms. The predicted molar refractivity (Wildman–Crippen MR) is 111 cm³/mol. The smallest absolute Gasteiger partial charge is 0.255 e. The number of nitriles is 1. The summed E-state index contributed by atoms with van der Waals surface area (Å²) < 4.78 is 0. The average Bonchev–Trinajstić information content (AvgIpc) is 2.80. The molecular weight excluding hydrogens is 364 g/mol. The van der Waals surface area contributed by atoms with E-state index in [2.05, 4.69) is 26.3 Å². The zero-order valence-electron chi connectivity index (χ0n) is 15.8. The molecule has 0 unspecified atom stereocenters. The van der Waals surface area contributed by atoms with Gasteiger partial charge < -0.3 is 15.1 Å². The first-order valence-electron chi connectivity index (χ1n) is 9.41. The molecule has 1 N–H and O–H groups in total. The van der Waals surface area contributed by atoms with Gasteiger partial charge in [0.25, 0.3) is 5.91 Å². The van der Waals surface area contributed by atoms with E-state index in [9.17, 15) is 4.79 Å². The number of carbonyl (C=O) groups is 1. The summed E-state index contributed by atoms with van der Waals surface area (Å²) in [6, 6.07) is 18.6. The summed E-state index contributed by atoms with van der Waals surface area (Å²) >= 11 is 0. The summed E-state index contributed by atoms with van der Waals surface area (Å²) in [7, 11) is 0. The maximum Gasteiger partial charge on any atom is 0.255 e. The van der Waals surface area contributed by atoms with E-state index < -0.39 is 0 Å². The maximum atomic E-state index is 12.8. The lowest BCUT2D eigenvalue weighted by atomic mass is 10.2. The lowest BCUT2D eigenvalue weighted by molar-refractivity contribution is 0.0746. The number of pyridine rings is 2. The molecular formula is C22H20N6O. The van der Waals surface area contributed by atoms with Crippen molar-refractivity contribution in [2.45, 2.75) is 0 Å². The van der Waals surface area contributed by atoms with Gasteiger partial charge in [-0.05, 0) is 48.5 Å². The van der Waals surface area contributed by atoms with Gasteiger partial charge in [-0.15, -0.1) is 0 Å². The summed E-state index contributed by atoms with van der Waals surface area (Å²) in [5, 5.41) is 12.0. The standard InChI is InChI=1S/C22H20N6O/c23-15-17-4-7-19(8-5-17)26-20-9-6-18(16-25-20)22(29)28-13-11-27(12-14-28)21-3-1-2-10-24-21/h1-10,16H,11-14H2,(H,25,26). The summed E-state index contributed by atoms with van der Waals surface area (Å²) in [5.74, 6) is 1.58. The number of anilines is 3. The van der Waals surface area contributed by atoms with Crippen LogP contribution in [0.25, 0.3) is 0 Å². The van der Waals surface area contributed by atoms with Crippen LogP contribution in [0.3, 0.4) is 0 Å². The predicted octanol–water partition coefficient (Wildman–Crippen LogP) is 3.05. The number of carbonyl (C=O) groups excluding carboxylic acids is 1. The minimum Gasteiger partial charge on any atom is -0.353 e. The molecule has 4 rings (SSSR count). The van der Waals surface area contributed by atoms with E-state index in [0.717, 1.165) is 24.6 Å². The Morgan fingerprint density at radius 1 is 0.966 bits per heavy atom. The maximum absolute atomic E-state index is 12.8. The Bertz CT molecular complexity index is 1000. The Morgan fingerprint density at radius 3 is 2.38 bits per heavy atom. The highest BCUT2D eigenvalue weighted by molar-refractivity contribution is 5.94. The van der Waals surface area contributed by atoms with Crippen molar-refractivity contribution in [3.63, 3.8) is 0 Å². The van der Waals surface area contributed by atoms with Gasteiger partial charge in [-0.1, -0.05) is 6.07 Å². The Morgan fingerprint density at radius 2 is 1.76 bits per heavy atom. The van der Waals surface area contributed by atoms with Gasteiger partial charge in [-0.2, -0.15) is 5.26 Å². The van der Waals surface area contributed by atoms with Gasteiger partial charge in [0.1, 0.15) is 11.6 Å². The number of nitrogens with zero attached hydrogens (tertiary/aromatic N) is 5. The number of benzene rings is 1. The molecule has 0 atom stereocenters. The van der Waals surface area contributed by atoms with Crippen LogP contribution in [-0.4, -0.2) is 47.0 Å². The van der Waals surface area contributed by atoms with Crippen molar-refractivity contribution >= 4 is 23.2 Å². The van der Waals surface area contributed by atoms with Crippen LogP contribution in [0, 0.1) is 11.3 Å². The number of hydrogen-bond acceptors (Lipinski definition) is 6. The van der Waals surface area contributed by atoms with Crippen molar-refractivity contribution in [1.29, 1.82) is 5.26 Å². The van der Waals surface area contributed by atoms with Crippen LogP contribution in [0.5, 0.6) is 0 Å². The van der Waals surface area contributed by atoms with Crippen LogP contribution in [0.4, 0.5) is 17.3 Å². The van der Waals surface area contributed by atoms with E-state index in [1.54, 1.807) is 36.7 Å². The minimum absolute atomic E-state index is 0.0110. The molecule has 0 radical (unpaired) electrons. The first-order chi connectivity index (χ1) is 14.2. The van der Waals surface area contributed by atoms with Gasteiger partial charge in [-0.3, -0.25) is 4.79 Å². The second kappa shape index (κ2) is 8.40. The molecule has 0 spiro atoms. The number of amides is 1. The fraction of sp³-hybridized carbons (Fsp3) is 0.182. The van der Waals surface area contributed by atoms with E-state index in [-0.39, 0.29) is 5.91 Å². The molecule has 0 bridgehead atoms. The van der Waals surface area contributed by atoms with Gasteiger partial charge in [0.2, 0.25) is 0 Å². The normalized spacial score (nSPS) is 13.6. The molecule has 1 aromatic carbocycles. The fourth-order valence-corrected chi connectivity index (χ4v) is 3.23. The van der Waals surface area contributed by atoms with E-state index in [0.29, 0.717) is 30.0 Å². The molecule has 1 aliphatic rings. The Hall–Kier alpha value is -3.92. The third kappa shape index (κ3) is 4.33. The van der Waals surface area contributed by atoms with Crippen molar-refractivity contribution in [3.05, 3.63) is 78.1 Å². The van der Waals surface area contributed by atoms with Crippen molar-refractivity contribution in [1.82, 2.24) is 14.9 Å². The molecule has 0 aliphatic carbocycles. The van der Waals surface area contributed by atoms with E-state index >= 15 is 0 Å². The Labute approximate surface area is 169 Å². The number of piperazine rings is 1. The highest BCUT2D eigenvalue weighted by Gasteiger charge is 2.22. The second-order valence-corrected chi connectivity index (χ2v) is 6.71. The molecule has 7 nitrogen and oxygen atoms in total. The number of nitrogens with one attached hydrogen (secondary N) is 1. The molecule has 1 aliphatic heterocycles. The van der Waals surface area contributed by atoms with Gasteiger partial charge in [-0.25, -0.2) is 9.97 Å². The molecule has 3 heterocycles. The second-order valence-electron chi connectivity index (χ2n) is 6.71. The SMILES string of the molecule is N#Cc1ccc(Nc2ccc(C(=O)N3CCN(c4ccccn4)CC3)cn2)cc1. The molecule has 1 saturated heterocycles. The molecule has 144 valence electrons. The molecule has 3 aromatic rings. The number of aromatic nitrogens is 2. The minimum atomic E-state index is -0.0110. The molecule has 0 saturated carbocycles. The Balaban J connectivity index is 1.35. The van der Waals surface area contributed by atoms with E-state index in [4.69, 9.17) is 5.26 Å². The third-order valence-corrected chi connectivity index (χ3v) is 4.84. The van der Waals surface area contributed by atoms with Crippen LogP contribution in [0.1, 0.15) is 15.9 Å². The van der Waals surface area contributed by atoms with Crippen LogP contribution in [-0.2, 0) is 0 Å². The van der Waals surface area contributed by atoms with Gasteiger partial charge in [0, 0.05) is 44.3 Å². The van der Waals surface area contributed by atoms with Crippen molar-refractivity contribution in [2.75, 3.05) is 36.4 Å². The third-order valence-electron chi connectivity index (χ3n) is 4.84. The zero-order valence-corrected chi connectivity index (χ0v) is 15.8. The zero-order chi connectivity index (χ0) is 20.1. The molecule has 1 amide bonds. The summed E-state index contributed by atoms with van der Waals surface area (Å²) in [4.78, 5) is 25.5. The highest BCUT2D eigenvalue weighted by Crippen LogP contribution is 2.17. The average molecular weight is 384 g/mol. The van der Waals surface area contributed by atoms with Crippen LogP contribution >= 0.6 is 0 Å². The largest absolute Gasteiger partial charge is 0.353 e. The van der Waals surface area contributed by atoms with E-state index in [1.165, 1.54) is 0 Å². The molecule has 1 fully saturated rings. The van der Waals surface area contributed by atoms with Gasteiger partial charge in [0.15, 0.2) is 0 Å². The molecule has 29 heavy (non-hydrogen) atoms. The monoisotopic (exact) mass is 384 g/mol. The van der Waals surface area contributed by atoms with Crippen LogP contribution in [0.15, 0.2) is 67.0 Å². The van der Waals surface area contributed by atoms with Crippen molar-refractivity contribution in [3.8, 4) is 6.07 Å². The van der Waals surface area contributed by atoms with Crippen LogP contribution < -0.4 is 10.2 Å².